The van der Waals surface area contributed by atoms with Crippen LogP contribution in [0.15, 0.2) is 42.5 Å². The molecule has 178 valence electrons. The van der Waals surface area contributed by atoms with Crippen LogP contribution in [-0.2, 0) is 11.2 Å². The number of anilines is 1. The molecule has 1 N–H and O–H groups in total. The normalized spacial score (nSPS) is 14.0. The second-order valence-electron chi connectivity index (χ2n) is 7.93. The second kappa shape index (κ2) is 10.6. The van der Waals surface area contributed by atoms with Crippen LogP contribution in [-0.4, -0.2) is 54.2 Å². The molecule has 0 spiro atoms. The van der Waals surface area contributed by atoms with E-state index in [0.29, 0.717) is 54.5 Å². The maximum absolute atomic E-state index is 13.4. The number of amides is 2. The van der Waals surface area contributed by atoms with Crippen molar-refractivity contribution in [3.8, 4) is 11.5 Å². The summed E-state index contributed by atoms with van der Waals surface area (Å²) >= 11 is 1.32. The molecule has 1 fully saturated rings. The Morgan fingerprint density at radius 1 is 1.09 bits per heavy atom. The van der Waals surface area contributed by atoms with Crippen molar-refractivity contribution >= 4 is 28.3 Å². The van der Waals surface area contributed by atoms with E-state index in [2.05, 4.69) is 15.5 Å². The van der Waals surface area contributed by atoms with Crippen LogP contribution in [0.5, 0.6) is 11.5 Å². The Hall–Kier alpha value is -3.53. The zero-order chi connectivity index (χ0) is 24.1. The fraction of sp³-hybridized carbons (Fsp3) is 0.333. The van der Waals surface area contributed by atoms with Gasteiger partial charge in [0.15, 0.2) is 11.5 Å². The lowest BCUT2D eigenvalue weighted by Crippen LogP contribution is -2.41. The van der Waals surface area contributed by atoms with E-state index in [1.165, 1.54) is 29.5 Å². The van der Waals surface area contributed by atoms with Gasteiger partial charge in [0.25, 0.3) is 5.91 Å². The molecule has 1 aliphatic rings. The van der Waals surface area contributed by atoms with Crippen molar-refractivity contribution in [2.24, 2.45) is 5.92 Å². The van der Waals surface area contributed by atoms with Gasteiger partial charge in [-0.25, -0.2) is 4.39 Å². The lowest BCUT2D eigenvalue weighted by molar-refractivity contribution is -0.121. The fourth-order valence-corrected chi connectivity index (χ4v) is 4.67. The van der Waals surface area contributed by atoms with Crippen LogP contribution in [0.4, 0.5) is 9.52 Å². The number of hydrogen-bond acceptors (Lipinski definition) is 7. The third-order valence-corrected chi connectivity index (χ3v) is 6.56. The molecule has 2 heterocycles. The minimum atomic E-state index is -0.442. The van der Waals surface area contributed by atoms with E-state index < -0.39 is 5.82 Å². The Bertz CT molecular complexity index is 1180. The average Bonchev–Trinajstić information content (AvgIpc) is 3.30. The molecule has 34 heavy (non-hydrogen) atoms. The molecule has 0 unspecified atom stereocenters. The molecule has 3 aromatic rings. The van der Waals surface area contributed by atoms with Gasteiger partial charge in [0, 0.05) is 31.0 Å². The molecule has 0 saturated carbocycles. The fourth-order valence-electron chi connectivity index (χ4n) is 3.90. The van der Waals surface area contributed by atoms with Crippen molar-refractivity contribution in [2.75, 3.05) is 32.6 Å². The molecule has 0 bridgehead atoms. The van der Waals surface area contributed by atoms with E-state index in [4.69, 9.17) is 9.47 Å². The summed E-state index contributed by atoms with van der Waals surface area (Å²) in [5.41, 5.74) is 1.31. The Labute approximate surface area is 200 Å². The predicted molar refractivity (Wildman–Crippen MR) is 126 cm³/mol. The van der Waals surface area contributed by atoms with Gasteiger partial charge in [-0.1, -0.05) is 23.5 Å². The molecule has 4 rings (SSSR count). The lowest BCUT2D eigenvalue weighted by Gasteiger charge is -2.31. The number of methoxy groups -OCH3 is 2. The van der Waals surface area contributed by atoms with E-state index in [1.807, 2.05) is 18.2 Å². The van der Waals surface area contributed by atoms with Gasteiger partial charge in [0.2, 0.25) is 11.0 Å². The lowest BCUT2D eigenvalue weighted by atomic mass is 9.95. The van der Waals surface area contributed by atoms with Gasteiger partial charge in [0.1, 0.15) is 10.8 Å². The van der Waals surface area contributed by atoms with Gasteiger partial charge in [-0.2, -0.15) is 0 Å². The molecular formula is C24H25FN4O4S. The van der Waals surface area contributed by atoms with E-state index in [0.717, 1.165) is 10.6 Å². The highest BCUT2D eigenvalue weighted by atomic mass is 32.1. The van der Waals surface area contributed by atoms with Gasteiger partial charge >= 0.3 is 0 Å². The number of hydrogen-bond donors (Lipinski definition) is 1. The summed E-state index contributed by atoms with van der Waals surface area (Å²) in [5.74, 6) is 0.270. The van der Waals surface area contributed by atoms with Crippen LogP contribution in [0.1, 0.15) is 33.8 Å². The van der Waals surface area contributed by atoms with Crippen LogP contribution in [0.25, 0.3) is 0 Å². The quantitative estimate of drug-likeness (QED) is 0.549. The highest BCUT2D eigenvalue weighted by molar-refractivity contribution is 7.15. The molecule has 8 nitrogen and oxygen atoms in total. The maximum atomic E-state index is 13.4. The first kappa shape index (κ1) is 23.6. The van der Waals surface area contributed by atoms with Gasteiger partial charge in [-0.15, -0.1) is 10.2 Å². The SMILES string of the molecule is COc1ccc(Cc2nnc(NC(=O)C3CCN(C(=O)c4cccc(F)c4)CC3)s2)cc1OC. The van der Waals surface area contributed by atoms with Crippen LogP contribution in [0.3, 0.4) is 0 Å². The van der Waals surface area contributed by atoms with Crippen molar-refractivity contribution in [2.45, 2.75) is 19.3 Å². The number of ether oxygens (including phenoxy) is 2. The first-order valence-electron chi connectivity index (χ1n) is 10.9. The number of benzene rings is 2. The molecule has 0 radical (unpaired) electrons. The Kier molecular flexibility index (Phi) is 7.36. The summed E-state index contributed by atoms with van der Waals surface area (Å²) in [4.78, 5) is 27.0. The van der Waals surface area contributed by atoms with E-state index >= 15 is 0 Å². The zero-order valence-electron chi connectivity index (χ0n) is 18.9. The molecule has 10 heteroatoms. The summed E-state index contributed by atoms with van der Waals surface area (Å²) in [6.07, 6.45) is 1.61. The number of carbonyl (C=O) groups is 2. The van der Waals surface area contributed by atoms with Crippen LogP contribution >= 0.6 is 11.3 Å². The van der Waals surface area contributed by atoms with E-state index in [9.17, 15) is 14.0 Å². The van der Waals surface area contributed by atoms with Crippen LogP contribution in [0, 0.1) is 11.7 Å². The number of nitrogens with zero attached hydrogens (tertiary/aromatic N) is 3. The average molecular weight is 485 g/mol. The van der Waals surface area contributed by atoms with Crippen molar-refractivity contribution < 1.29 is 23.5 Å². The number of halogens is 1. The molecular weight excluding hydrogens is 459 g/mol. The number of carbonyl (C=O) groups excluding carboxylic acids is 2. The van der Waals surface area contributed by atoms with Crippen molar-refractivity contribution in [1.29, 1.82) is 0 Å². The number of aromatic nitrogens is 2. The summed E-state index contributed by atoms with van der Waals surface area (Å²) in [6.45, 7) is 0.877. The third-order valence-electron chi connectivity index (χ3n) is 5.72. The summed E-state index contributed by atoms with van der Waals surface area (Å²) in [6, 6.07) is 11.3. The Balaban J connectivity index is 1.30. The summed E-state index contributed by atoms with van der Waals surface area (Å²) in [5, 5.41) is 12.3. The number of likely N-dealkylation sites (tertiary alicyclic amines) is 1. The molecule has 2 amide bonds. The molecule has 0 atom stereocenters. The third kappa shape index (κ3) is 5.51. The highest BCUT2D eigenvalue weighted by Gasteiger charge is 2.28. The highest BCUT2D eigenvalue weighted by Crippen LogP contribution is 2.29. The topological polar surface area (TPSA) is 93.7 Å². The van der Waals surface area contributed by atoms with Crippen LogP contribution in [0.2, 0.25) is 0 Å². The minimum absolute atomic E-state index is 0.133. The summed E-state index contributed by atoms with van der Waals surface area (Å²) in [7, 11) is 3.17. The first-order valence-corrected chi connectivity index (χ1v) is 11.7. The second-order valence-corrected chi connectivity index (χ2v) is 9.00. The molecule has 2 aromatic carbocycles. The van der Waals surface area contributed by atoms with Crippen molar-refractivity contribution in [1.82, 2.24) is 15.1 Å². The van der Waals surface area contributed by atoms with Crippen molar-refractivity contribution in [3.05, 3.63) is 64.4 Å². The van der Waals surface area contributed by atoms with E-state index in [1.54, 1.807) is 25.2 Å². The predicted octanol–water partition coefficient (Wildman–Crippen LogP) is 3.78. The van der Waals surface area contributed by atoms with Gasteiger partial charge in [0.05, 0.1) is 14.2 Å². The largest absolute Gasteiger partial charge is 0.493 e. The van der Waals surface area contributed by atoms with Gasteiger partial charge < -0.3 is 19.7 Å². The van der Waals surface area contributed by atoms with Gasteiger partial charge in [-0.05, 0) is 48.7 Å². The molecule has 0 aliphatic carbocycles. The smallest absolute Gasteiger partial charge is 0.253 e. The molecule has 1 saturated heterocycles. The molecule has 1 aliphatic heterocycles. The van der Waals surface area contributed by atoms with Gasteiger partial charge in [-0.3, -0.25) is 9.59 Å². The standard InChI is InChI=1S/C24H25FN4O4S/c1-32-19-7-6-15(12-20(19)33-2)13-21-27-28-24(34-21)26-22(30)16-8-10-29(11-9-16)23(31)17-4-3-5-18(25)14-17/h3-7,12,14,16H,8-11,13H2,1-2H3,(H,26,28,30). The van der Waals surface area contributed by atoms with Crippen molar-refractivity contribution in [3.63, 3.8) is 0 Å². The minimum Gasteiger partial charge on any atom is -0.493 e. The van der Waals surface area contributed by atoms with E-state index in [-0.39, 0.29) is 17.7 Å². The first-order chi connectivity index (χ1) is 16.5. The number of nitrogens with one attached hydrogen (secondary N) is 1. The molecule has 1 aromatic heterocycles. The summed E-state index contributed by atoms with van der Waals surface area (Å²) < 4.78 is 24.0. The van der Waals surface area contributed by atoms with Crippen LogP contribution < -0.4 is 14.8 Å². The maximum Gasteiger partial charge on any atom is 0.253 e. The Morgan fingerprint density at radius 2 is 1.85 bits per heavy atom. The number of piperidine rings is 1. The number of rotatable bonds is 7. The monoisotopic (exact) mass is 484 g/mol. The Morgan fingerprint density at radius 3 is 2.56 bits per heavy atom. The zero-order valence-corrected chi connectivity index (χ0v) is 19.7.